The summed E-state index contributed by atoms with van der Waals surface area (Å²) in [5.41, 5.74) is 2.22. The van der Waals surface area contributed by atoms with Crippen LogP contribution in [0.2, 0.25) is 5.02 Å². The van der Waals surface area contributed by atoms with Crippen molar-refractivity contribution in [3.8, 4) is 5.75 Å². The molecule has 1 heterocycles. The molecule has 0 saturated carbocycles. The third-order valence-electron chi connectivity index (χ3n) is 5.80. The molecule has 1 atom stereocenters. The Kier molecular flexibility index (Phi) is 7.83. The van der Waals surface area contributed by atoms with Crippen LogP contribution in [0.4, 0.5) is 5.69 Å². The van der Waals surface area contributed by atoms with Crippen LogP contribution in [0.5, 0.6) is 5.75 Å². The fourth-order valence-corrected chi connectivity index (χ4v) is 4.11. The third-order valence-corrected chi connectivity index (χ3v) is 6.04. The zero-order valence-electron chi connectivity index (χ0n) is 19.1. The molecule has 3 aromatic rings. The molecule has 3 aromatic carbocycles. The number of rotatable bonds is 7. The van der Waals surface area contributed by atoms with Gasteiger partial charge in [-0.1, -0.05) is 60.1 Å². The third kappa shape index (κ3) is 6.16. The van der Waals surface area contributed by atoms with Crippen LogP contribution < -0.4 is 10.1 Å². The minimum Gasteiger partial charge on any atom is -0.481 e. The maximum absolute atomic E-state index is 13.3. The SMILES string of the molecule is C[C@H](Oc1cccc(Cl)c1)C(=O)Nc1ccccc1C(=O)N1CCN(Cc2ccccc2)CC1. The van der Waals surface area contributed by atoms with E-state index in [2.05, 4.69) is 22.3 Å². The molecule has 1 saturated heterocycles. The second-order valence-corrected chi connectivity index (χ2v) is 8.74. The van der Waals surface area contributed by atoms with E-state index in [9.17, 15) is 9.59 Å². The molecular weight excluding hydrogens is 450 g/mol. The van der Waals surface area contributed by atoms with Gasteiger partial charge in [0.1, 0.15) is 5.75 Å². The van der Waals surface area contributed by atoms with Gasteiger partial charge in [0.15, 0.2) is 6.10 Å². The van der Waals surface area contributed by atoms with Crippen molar-refractivity contribution in [1.82, 2.24) is 9.80 Å². The number of hydrogen-bond acceptors (Lipinski definition) is 4. The van der Waals surface area contributed by atoms with Crippen LogP contribution in [0.15, 0.2) is 78.9 Å². The maximum Gasteiger partial charge on any atom is 0.265 e. The van der Waals surface area contributed by atoms with Crippen molar-refractivity contribution in [2.45, 2.75) is 19.6 Å². The molecule has 6 nitrogen and oxygen atoms in total. The molecular formula is C27H28ClN3O3. The second-order valence-electron chi connectivity index (χ2n) is 8.31. The molecule has 0 aliphatic carbocycles. The van der Waals surface area contributed by atoms with Gasteiger partial charge >= 0.3 is 0 Å². The number of nitrogens with one attached hydrogen (secondary N) is 1. The van der Waals surface area contributed by atoms with Crippen LogP contribution in [0.3, 0.4) is 0 Å². The van der Waals surface area contributed by atoms with Crippen molar-refractivity contribution in [2.24, 2.45) is 0 Å². The number of carbonyl (C=O) groups excluding carboxylic acids is 2. The van der Waals surface area contributed by atoms with Crippen LogP contribution in [-0.2, 0) is 11.3 Å². The predicted molar refractivity (Wildman–Crippen MR) is 134 cm³/mol. The molecule has 1 aliphatic rings. The monoisotopic (exact) mass is 477 g/mol. The van der Waals surface area contributed by atoms with Crippen molar-refractivity contribution in [1.29, 1.82) is 0 Å². The molecule has 0 aromatic heterocycles. The largest absolute Gasteiger partial charge is 0.481 e. The fraction of sp³-hybridized carbons (Fsp3) is 0.259. The highest BCUT2D eigenvalue weighted by Gasteiger charge is 2.25. The highest BCUT2D eigenvalue weighted by Crippen LogP contribution is 2.21. The topological polar surface area (TPSA) is 61.9 Å². The van der Waals surface area contributed by atoms with Gasteiger partial charge in [0.2, 0.25) is 0 Å². The van der Waals surface area contributed by atoms with Crippen LogP contribution in [-0.4, -0.2) is 53.9 Å². The number of nitrogens with zero attached hydrogens (tertiary/aromatic N) is 2. The zero-order chi connectivity index (χ0) is 23.9. The lowest BCUT2D eigenvalue weighted by Crippen LogP contribution is -2.48. The lowest BCUT2D eigenvalue weighted by molar-refractivity contribution is -0.122. The van der Waals surface area contributed by atoms with Gasteiger partial charge in [0.25, 0.3) is 11.8 Å². The Balaban J connectivity index is 1.36. The number of benzene rings is 3. The van der Waals surface area contributed by atoms with Crippen LogP contribution in [0.25, 0.3) is 0 Å². The van der Waals surface area contributed by atoms with Crippen LogP contribution >= 0.6 is 11.6 Å². The van der Waals surface area contributed by atoms with Gasteiger partial charge in [-0.25, -0.2) is 0 Å². The molecule has 0 radical (unpaired) electrons. The van der Waals surface area contributed by atoms with Gasteiger partial charge in [0.05, 0.1) is 11.3 Å². The second kappa shape index (κ2) is 11.2. The molecule has 4 rings (SSSR count). The molecule has 176 valence electrons. The smallest absolute Gasteiger partial charge is 0.265 e. The number of ether oxygens (including phenoxy) is 1. The van der Waals surface area contributed by atoms with E-state index in [0.29, 0.717) is 35.1 Å². The number of piperazine rings is 1. The predicted octanol–water partition coefficient (Wildman–Crippen LogP) is 4.70. The van der Waals surface area contributed by atoms with Crippen molar-refractivity contribution in [3.63, 3.8) is 0 Å². The summed E-state index contributed by atoms with van der Waals surface area (Å²) in [6.07, 6.45) is -0.761. The van der Waals surface area contributed by atoms with Gasteiger partial charge < -0.3 is 15.0 Å². The summed E-state index contributed by atoms with van der Waals surface area (Å²) < 4.78 is 5.71. The quantitative estimate of drug-likeness (QED) is 0.535. The Bertz CT molecular complexity index is 1130. The van der Waals surface area contributed by atoms with Crippen molar-refractivity contribution in [2.75, 3.05) is 31.5 Å². The van der Waals surface area contributed by atoms with E-state index in [1.165, 1.54) is 5.56 Å². The Hall–Kier alpha value is -3.35. The van der Waals surface area contributed by atoms with Crippen LogP contribution in [0.1, 0.15) is 22.8 Å². The number of anilines is 1. The molecule has 0 spiro atoms. The Morgan fingerprint density at radius 2 is 1.65 bits per heavy atom. The zero-order valence-corrected chi connectivity index (χ0v) is 19.9. The van der Waals surface area contributed by atoms with Gasteiger partial charge in [-0.15, -0.1) is 0 Å². The van der Waals surface area contributed by atoms with Crippen molar-refractivity contribution >= 4 is 29.1 Å². The summed E-state index contributed by atoms with van der Waals surface area (Å²) in [6.45, 7) is 5.43. The number of halogens is 1. The summed E-state index contributed by atoms with van der Waals surface area (Å²) in [7, 11) is 0. The van der Waals surface area contributed by atoms with E-state index < -0.39 is 6.10 Å². The number of amides is 2. The molecule has 1 N–H and O–H groups in total. The Morgan fingerprint density at radius 1 is 0.941 bits per heavy atom. The summed E-state index contributed by atoms with van der Waals surface area (Å²) in [6, 6.07) is 24.3. The Labute approximate surface area is 205 Å². The highest BCUT2D eigenvalue weighted by atomic mass is 35.5. The molecule has 2 amide bonds. The van der Waals surface area contributed by atoms with E-state index in [1.54, 1.807) is 55.5 Å². The maximum atomic E-state index is 13.3. The summed E-state index contributed by atoms with van der Waals surface area (Å²) in [5.74, 6) is 0.0828. The minimum absolute atomic E-state index is 0.0846. The minimum atomic E-state index is -0.761. The highest BCUT2D eigenvalue weighted by molar-refractivity contribution is 6.30. The first kappa shape index (κ1) is 23.8. The fourth-order valence-electron chi connectivity index (χ4n) is 3.93. The van der Waals surface area contributed by atoms with Gasteiger partial charge in [-0.3, -0.25) is 14.5 Å². The van der Waals surface area contributed by atoms with E-state index >= 15 is 0 Å². The number of carbonyl (C=O) groups is 2. The molecule has 0 unspecified atom stereocenters. The molecule has 34 heavy (non-hydrogen) atoms. The van der Waals surface area contributed by atoms with Gasteiger partial charge in [-0.2, -0.15) is 0 Å². The van der Waals surface area contributed by atoms with Gasteiger partial charge in [0, 0.05) is 37.7 Å². The summed E-state index contributed by atoms with van der Waals surface area (Å²) in [5, 5.41) is 3.38. The lowest BCUT2D eigenvalue weighted by Gasteiger charge is -2.35. The molecule has 0 bridgehead atoms. The first-order valence-corrected chi connectivity index (χ1v) is 11.7. The molecule has 1 aliphatic heterocycles. The van der Waals surface area contributed by atoms with E-state index in [0.717, 1.165) is 19.6 Å². The van der Waals surface area contributed by atoms with Gasteiger partial charge in [-0.05, 0) is 42.8 Å². The van der Waals surface area contributed by atoms with Crippen LogP contribution in [0, 0.1) is 0 Å². The van der Waals surface area contributed by atoms with E-state index in [4.69, 9.17) is 16.3 Å². The first-order valence-electron chi connectivity index (χ1n) is 11.4. The normalized spacial score (nSPS) is 14.9. The standard InChI is InChI=1S/C27H28ClN3O3/c1-20(34-23-11-7-10-22(28)18-23)26(32)29-25-13-6-5-12-24(25)27(33)31-16-14-30(15-17-31)19-21-8-3-2-4-9-21/h2-13,18,20H,14-17,19H2,1H3,(H,29,32)/t20-/m0/s1. The average Bonchev–Trinajstić information content (AvgIpc) is 2.85. The lowest BCUT2D eigenvalue weighted by atomic mass is 10.1. The van der Waals surface area contributed by atoms with Crippen molar-refractivity contribution in [3.05, 3.63) is 95.0 Å². The number of hydrogen-bond donors (Lipinski definition) is 1. The summed E-state index contributed by atoms with van der Waals surface area (Å²) in [4.78, 5) is 30.2. The average molecular weight is 478 g/mol. The molecule has 1 fully saturated rings. The summed E-state index contributed by atoms with van der Waals surface area (Å²) >= 11 is 5.99. The Morgan fingerprint density at radius 3 is 2.38 bits per heavy atom. The number of para-hydroxylation sites is 1. The van der Waals surface area contributed by atoms with Crippen molar-refractivity contribution < 1.29 is 14.3 Å². The molecule has 7 heteroatoms. The first-order chi connectivity index (χ1) is 16.5. The van der Waals surface area contributed by atoms with E-state index in [-0.39, 0.29) is 11.8 Å². The van der Waals surface area contributed by atoms with E-state index in [1.807, 2.05) is 23.1 Å².